The second-order valence-electron chi connectivity index (χ2n) is 18.8. The van der Waals surface area contributed by atoms with E-state index in [1.807, 2.05) is 0 Å². The van der Waals surface area contributed by atoms with E-state index in [0.717, 1.165) is 0 Å². The predicted molar refractivity (Wildman–Crippen MR) is 278 cm³/mol. The van der Waals surface area contributed by atoms with E-state index in [9.17, 15) is 0 Å². The first-order valence-electron chi connectivity index (χ1n) is 22.9. The van der Waals surface area contributed by atoms with Gasteiger partial charge in [0.1, 0.15) is 0 Å². The Bertz CT molecular complexity index is 4000. The number of nitrogens with zero attached hydrogens (tertiary/aromatic N) is 2. The minimum absolute atomic E-state index is 0.0811. The summed E-state index contributed by atoms with van der Waals surface area (Å²) in [6.45, 7) is 8.82. The molecule has 2 aromatic heterocycles. The fourth-order valence-corrected chi connectivity index (χ4v) is 12.0. The quantitative estimate of drug-likeness (QED) is 0.156. The average Bonchev–Trinajstić information content (AvgIpc) is 3.84. The third-order valence-corrected chi connectivity index (χ3v) is 14.5. The summed E-state index contributed by atoms with van der Waals surface area (Å²) >= 11 is 0. The van der Waals surface area contributed by atoms with Crippen molar-refractivity contribution >= 4 is 72.2 Å². The van der Waals surface area contributed by atoms with Gasteiger partial charge in [0.25, 0.3) is 0 Å². The van der Waals surface area contributed by atoms with Gasteiger partial charge in [-0.1, -0.05) is 168 Å². The molecule has 0 aliphatic carbocycles. The van der Waals surface area contributed by atoms with Crippen LogP contribution in [0.1, 0.15) is 22.3 Å². The molecule has 10 aromatic carbocycles. The lowest BCUT2D eigenvalue weighted by Crippen LogP contribution is -2.55. The zero-order valence-corrected chi connectivity index (χ0v) is 36.9. The van der Waals surface area contributed by atoms with E-state index in [1.54, 1.807) is 0 Å². The molecule has 3 heteroatoms. The number of aromatic nitrogens is 2. The minimum Gasteiger partial charge on any atom is -0.375 e. The third kappa shape index (κ3) is 5.24. The Balaban J connectivity index is 1.21. The van der Waals surface area contributed by atoms with Gasteiger partial charge >= 0.3 is 6.85 Å². The average molecular weight is 827 g/mol. The van der Waals surface area contributed by atoms with Crippen LogP contribution in [0.4, 0.5) is 0 Å². The molecular formula is C62H43BN2. The first-order valence-corrected chi connectivity index (χ1v) is 22.9. The van der Waals surface area contributed by atoms with Crippen LogP contribution in [-0.4, -0.2) is 15.9 Å². The Labute approximate surface area is 378 Å². The number of aryl methyl sites for hydroxylation is 4. The number of hydrogen-bond acceptors (Lipinski definition) is 0. The van der Waals surface area contributed by atoms with Crippen LogP contribution in [0.25, 0.3) is 116 Å². The lowest BCUT2D eigenvalue weighted by Gasteiger charge is -2.35. The van der Waals surface area contributed by atoms with Crippen LogP contribution in [0.3, 0.4) is 0 Å². The van der Waals surface area contributed by atoms with Crippen molar-refractivity contribution in [3.8, 4) is 61.3 Å². The maximum atomic E-state index is 2.73. The molecule has 2 nitrogen and oxygen atoms in total. The molecule has 4 heterocycles. The standard InChI is InChI=1S/C62H43BN2/c1-36-23-37(2)26-44(25-36)47-33-53-50-21-19-42-17-11-12-18-49(42)60(50)64-58-35-48(45-27-38(3)24-39(4)28-45)30-52-55-32-46(41-15-9-6-10-16-41)31-54-51-29-43(40-13-7-5-8-14-40)20-22-57(51)65(61(54)55)63(59(52)58)56(34-47)62(53)64/h5-35H,1-4H3. The highest BCUT2D eigenvalue weighted by atomic mass is 15.0. The first kappa shape index (κ1) is 36.6. The van der Waals surface area contributed by atoms with Crippen LogP contribution in [0, 0.1) is 27.7 Å². The van der Waals surface area contributed by atoms with Crippen molar-refractivity contribution in [2.45, 2.75) is 27.7 Å². The maximum Gasteiger partial charge on any atom is 0.333 e. The van der Waals surface area contributed by atoms with Gasteiger partial charge in [-0.3, -0.25) is 0 Å². The van der Waals surface area contributed by atoms with E-state index in [0.29, 0.717) is 0 Å². The van der Waals surface area contributed by atoms with Gasteiger partial charge in [-0.25, -0.2) is 0 Å². The largest absolute Gasteiger partial charge is 0.375 e. The molecule has 0 saturated carbocycles. The van der Waals surface area contributed by atoms with E-state index in [2.05, 4.69) is 225 Å². The van der Waals surface area contributed by atoms with Crippen molar-refractivity contribution in [3.05, 3.63) is 210 Å². The molecule has 0 amide bonds. The smallest absolute Gasteiger partial charge is 0.333 e. The van der Waals surface area contributed by atoms with Crippen LogP contribution >= 0.6 is 0 Å². The van der Waals surface area contributed by atoms with Crippen LogP contribution in [0.2, 0.25) is 0 Å². The zero-order chi connectivity index (χ0) is 43.2. The minimum atomic E-state index is -0.0811. The SMILES string of the molecule is Cc1cc(C)cc(-c2cc3c4c(c2)-n2c5c(cc(-c6cc(C)cc(C)c6)cc5c5ccc6ccccc6c52)B4n2c4ccc(-c5ccccc5)cc4c4cc(-c5ccccc5)cc-3c42)c1. The van der Waals surface area contributed by atoms with Crippen molar-refractivity contribution in [1.29, 1.82) is 0 Å². The molecule has 2 aliphatic rings. The Morgan fingerprint density at radius 3 is 1.58 bits per heavy atom. The second-order valence-corrected chi connectivity index (χ2v) is 18.8. The van der Waals surface area contributed by atoms with Crippen molar-refractivity contribution in [1.82, 2.24) is 9.05 Å². The molecule has 0 radical (unpaired) electrons. The van der Waals surface area contributed by atoms with Gasteiger partial charge in [-0.05, 0) is 137 Å². The summed E-state index contributed by atoms with van der Waals surface area (Å²) in [4.78, 5) is 0. The van der Waals surface area contributed by atoms with Gasteiger partial charge in [0.2, 0.25) is 0 Å². The molecule has 0 saturated heterocycles. The summed E-state index contributed by atoms with van der Waals surface area (Å²) in [5, 5.41) is 7.68. The number of hydrogen-bond donors (Lipinski definition) is 0. The van der Waals surface area contributed by atoms with Gasteiger partial charge in [-0.2, -0.15) is 0 Å². The van der Waals surface area contributed by atoms with Crippen molar-refractivity contribution in [3.63, 3.8) is 0 Å². The molecule has 65 heavy (non-hydrogen) atoms. The molecule has 14 rings (SSSR count). The summed E-state index contributed by atoms with van der Waals surface area (Å²) < 4.78 is 5.39. The van der Waals surface area contributed by atoms with E-state index < -0.39 is 0 Å². The Kier molecular flexibility index (Phi) is 7.50. The molecule has 0 atom stereocenters. The van der Waals surface area contributed by atoms with E-state index in [-0.39, 0.29) is 6.85 Å². The van der Waals surface area contributed by atoms with Crippen LogP contribution in [0.5, 0.6) is 0 Å². The molecule has 0 N–H and O–H groups in total. The predicted octanol–water partition coefficient (Wildman–Crippen LogP) is 14.9. The second kappa shape index (κ2) is 13.3. The highest BCUT2D eigenvalue weighted by Gasteiger charge is 2.42. The van der Waals surface area contributed by atoms with Crippen LogP contribution in [0.15, 0.2) is 188 Å². The number of fused-ring (bicyclic) bond motifs is 12. The summed E-state index contributed by atoms with van der Waals surface area (Å²) in [7, 11) is 0. The van der Waals surface area contributed by atoms with Gasteiger partial charge < -0.3 is 9.05 Å². The summed E-state index contributed by atoms with van der Waals surface area (Å²) in [5.74, 6) is 0. The zero-order valence-electron chi connectivity index (χ0n) is 36.9. The highest BCUT2D eigenvalue weighted by molar-refractivity contribution is 6.90. The molecular weight excluding hydrogens is 784 g/mol. The van der Waals surface area contributed by atoms with Gasteiger partial charge in [-0.15, -0.1) is 0 Å². The summed E-state index contributed by atoms with van der Waals surface area (Å²) in [6.07, 6.45) is 0. The Morgan fingerprint density at radius 2 is 0.892 bits per heavy atom. The number of rotatable bonds is 4. The van der Waals surface area contributed by atoms with Crippen molar-refractivity contribution in [2.75, 3.05) is 0 Å². The van der Waals surface area contributed by atoms with E-state index in [4.69, 9.17) is 0 Å². The fourth-order valence-electron chi connectivity index (χ4n) is 12.0. The third-order valence-electron chi connectivity index (χ3n) is 14.5. The molecule has 0 bridgehead atoms. The summed E-state index contributed by atoms with van der Waals surface area (Å²) in [5.41, 5.74) is 26.7. The van der Waals surface area contributed by atoms with Crippen LogP contribution in [-0.2, 0) is 0 Å². The lowest BCUT2D eigenvalue weighted by molar-refractivity contribution is 1.18. The maximum absolute atomic E-state index is 2.73. The molecule has 12 aromatic rings. The van der Waals surface area contributed by atoms with Crippen molar-refractivity contribution < 1.29 is 0 Å². The topological polar surface area (TPSA) is 9.86 Å². The molecule has 304 valence electrons. The molecule has 0 unspecified atom stereocenters. The fraction of sp³-hybridized carbons (Fsp3) is 0.0645. The van der Waals surface area contributed by atoms with Crippen LogP contribution < -0.4 is 10.9 Å². The Hall–Kier alpha value is -7.88. The monoisotopic (exact) mass is 826 g/mol. The molecule has 0 spiro atoms. The summed E-state index contributed by atoms with van der Waals surface area (Å²) in [6, 6.07) is 71.8. The van der Waals surface area contributed by atoms with Gasteiger partial charge in [0.05, 0.1) is 11.0 Å². The van der Waals surface area contributed by atoms with E-state index >= 15 is 0 Å². The van der Waals surface area contributed by atoms with Gasteiger partial charge in [0, 0.05) is 49.2 Å². The van der Waals surface area contributed by atoms with Gasteiger partial charge in [0.15, 0.2) is 0 Å². The van der Waals surface area contributed by atoms with Crippen molar-refractivity contribution in [2.24, 2.45) is 0 Å². The highest BCUT2D eigenvalue weighted by Crippen LogP contribution is 2.48. The van der Waals surface area contributed by atoms with E-state index in [1.165, 1.54) is 149 Å². The normalized spacial score (nSPS) is 12.6. The number of benzene rings is 10. The molecule has 0 fully saturated rings. The molecule has 2 aliphatic heterocycles. The lowest BCUT2D eigenvalue weighted by atomic mass is 9.45. The Morgan fingerprint density at radius 1 is 0.338 bits per heavy atom. The first-order chi connectivity index (χ1) is 31.8.